The van der Waals surface area contributed by atoms with Crippen molar-refractivity contribution in [3.63, 3.8) is 0 Å². The number of rotatable bonds is 12. The summed E-state index contributed by atoms with van der Waals surface area (Å²) in [4.78, 5) is 52.7. The fourth-order valence-corrected chi connectivity index (χ4v) is 5.83. The molecule has 3 atom stereocenters. The third-order valence-corrected chi connectivity index (χ3v) is 7.86. The minimum atomic E-state index is -0.880. The van der Waals surface area contributed by atoms with Crippen molar-refractivity contribution in [3.8, 4) is 0 Å². The second-order valence-electron chi connectivity index (χ2n) is 9.57. The maximum Gasteiger partial charge on any atom is 0.519 e. The van der Waals surface area contributed by atoms with Crippen LogP contribution < -0.4 is 11.1 Å². The van der Waals surface area contributed by atoms with Gasteiger partial charge in [0, 0.05) is 11.5 Å². The minimum absolute atomic E-state index is 0.107. The van der Waals surface area contributed by atoms with Crippen molar-refractivity contribution in [1.29, 1.82) is 0 Å². The maximum atomic E-state index is 14.0. The zero-order valence-electron chi connectivity index (χ0n) is 23.1. The first-order chi connectivity index (χ1) is 19.9. The molecule has 1 N–H and O–H groups in total. The van der Waals surface area contributed by atoms with Crippen LogP contribution in [-0.2, 0) is 36.9 Å². The lowest BCUT2D eigenvalue weighted by molar-refractivity contribution is -0.153. The van der Waals surface area contributed by atoms with Gasteiger partial charge in [0.25, 0.3) is 0 Å². The molecule has 218 valence electrons. The van der Waals surface area contributed by atoms with Gasteiger partial charge in [-0.2, -0.15) is 11.8 Å². The molecular formula is C30H34N2O8S. The Morgan fingerprint density at radius 2 is 1.73 bits per heavy atom. The van der Waals surface area contributed by atoms with Gasteiger partial charge >= 0.3 is 17.8 Å². The largest absolute Gasteiger partial charge is 0.519 e. The monoisotopic (exact) mass is 582 g/mol. The Hall–Kier alpha value is -3.83. The molecule has 0 saturated carbocycles. The Morgan fingerprint density at radius 1 is 1.02 bits per heavy atom. The molecule has 10 nitrogen and oxygen atoms in total. The molecule has 1 aliphatic rings. The summed E-state index contributed by atoms with van der Waals surface area (Å²) in [5.74, 6) is -1.00. The molecule has 1 fully saturated rings. The predicted molar refractivity (Wildman–Crippen MR) is 152 cm³/mol. The van der Waals surface area contributed by atoms with Gasteiger partial charge in [-0.1, -0.05) is 60.7 Å². The van der Waals surface area contributed by atoms with Gasteiger partial charge in [-0.15, -0.1) is 0 Å². The summed E-state index contributed by atoms with van der Waals surface area (Å²) in [7, 11) is 0. The summed E-state index contributed by atoms with van der Waals surface area (Å²) in [6, 6.07) is 17.4. The number of ether oxygens (including phenoxy) is 2. The molecule has 0 spiro atoms. The number of hydrogen-bond donors (Lipinski definition) is 1. The van der Waals surface area contributed by atoms with Gasteiger partial charge in [-0.25, -0.2) is 4.79 Å². The topological polar surface area (TPSA) is 128 Å². The zero-order valence-corrected chi connectivity index (χ0v) is 23.9. The van der Waals surface area contributed by atoms with Crippen LogP contribution in [0.2, 0.25) is 0 Å². The number of thioether (sulfide) groups is 1. The Morgan fingerprint density at radius 3 is 2.39 bits per heavy atom. The maximum absolute atomic E-state index is 14.0. The number of benzene rings is 2. The fourth-order valence-electron chi connectivity index (χ4n) is 4.62. The molecule has 0 radical (unpaired) electrons. The third-order valence-electron chi connectivity index (χ3n) is 6.74. The Bertz CT molecular complexity index is 1360. The van der Waals surface area contributed by atoms with Crippen LogP contribution in [0.15, 0.2) is 74.3 Å². The molecule has 1 aliphatic heterocycles. The Labute approximate surface area is 242 Å². The molecule has 11 heteroatoms. The van der Waals surface area contributed by atoms with E-state index in [1.165, 1.54) is 11.8 Å². The molecule has 1 amide bonds. The lowest BCUT2D eigenvalue weighted by atomic mass is 10.0. The van der Waals surface area contributed by atoms with Crippen LogP contribution >= 0.6 is 11.8 Å². The van der Waals surface area contributed by atoms with Gasteiger partial charge in [-0.3, -0.25) is 19.7 Å². The number of aryl methyl sites for hydroxylation is 2. The van der Waals surface area contributed by atoms with Gasteiger partial charge in [0.1, 0.15) is 12.6 Å². The van der Waals surface area contributed by atoms with Crippen molar-refractivity contribution in [2.75, 3.05) is 24.7 Å². The van der Waals surface area contributed by atoms with E-state index in [9.17, 15) is 19.2 Å². The van der Waals surface area contributed by atoms with Gasteiger partial charge in [0.2, 0.25) is 5.91 Å². The van der Waals surface area contributed by atoms with E-state index in [0.717, 1.165) is 11.1 Å². The van der Waals surface area contributed by atoms with Crippen molar-refractivity contribution in [1.82, 2.24) is 10.2 Å². The smallest absolute Gasteiger partial charge is 0.465 e. The quantitative estimate of drug-likeness (QED) is 0.317. The SMILES string of the molecule is CCOC(=O)C(CCc1ccccc1)NC1CSCC(c2ccccc2)N(CC(=O)OCc2oc(=O)oc2C)C1=O. The molecule has 0 aliphatic carbocycles. The molecule has 2 aromatic carbocycles. The molecule has 1 aromatic heterocycles. The minimum Gasteiger partial charge on any atom is -0.465 e. The molecule has 4 rings (SSSR count). The van der Waals surface area contributed by atoms with Gasteiger partial charge in [0.05, 0.1) is 18.7 Å². The van der Waals surface area contributed by atoms with Crippen molar-refractivity contribution in [2.45, 2.75) is 51.4 Å². The van der Waals surface area contributed by atoms with Crippen LogP contribution in [0.3, 0.4) is 0 Å². The average molecular weight is 583 g/mol. The second-order valence-corrected chi connectivity index (χ2v) is 10.6. The lowest BCUT2D eigenvalue weighted by Gasteiger charge is -2.32. The molecule has 1 saturated heterocycles. The highest BCUT2D eigenvalue weighted by Crippen LogP contribution is 2.30. The summed E-state index contributed by atoms with van der Waals surface area (Å²) in [5.41, 5.74) is 1.95. The molecular weight excluding hydrogens is 548 g/mol. The van der Waals surface area contributed by atoms with Crippen LogP contribution in [-0.4, -0.2) is 59.5 Å². The number of nitrogens with one attached hydrogen (secondary N) is 1. The third kappa shape index (κ3) is 8.34. The van der Waals surface area contributed by atoms with Gasteiger partial charge in [-0.05, 0) is 37.8 Å². The van der Waals surface area contributed by atoms with E-state index in [0.29, 0.717) is 24.3 Å². The van der Waals surface area contributed by atoms with Crippen molar-refractivity contribution in [2.24, 2.45) is 0 Å². The summed E-state index contributed by atoms with van der Waals surface area (Å²) in [6.07, 6.45) is 1.06. The zero-order chi connectivity index (χ0) is 29.2. The van der Waals surface area contributed by atoms with E-state index < -0.39 is 35.9 Å². The Kier molecular flexibility index (Phi) is 10.8. The standard InChI is InChI=1S/C30H34N2O8S/c1-3-37-29(35)23(15-14-21-10-6-4-7-11-21)31-24-18-41-19-25(22-12-8-5-9-13-22)32(28(24)34)16-27(33)38-17-26-20(2)39-30(36)40-26/h4-13,23-25,31H,3,14-19H2,1-2H3. The van der Waals surface area contributed by atoms with Crippen LogP contribution in [0.5, 0.6) is 0 Å². The summed E-state index contributed by atoms with van der Waals surface area (Å²) in [5, 5.41) is 3.24. The number of carbonyl (C=O) groups excluding carboxylic acids is 3. The number of hydrogen-bond acceptors (Lipinski definition) is 10. The predicted octanol–water partition coefficient (Wildman–Crippen LogP) is 3.42. The highest BCUT2D eigenvalue weighted by Gasteiger charge is 2.37. The molecule has 2 heterocycles. The molecule has 3 unspecified atom stereocenters. The number of amides is 1. The van der Waals surface area contributed by atoms with Crippen molar-refractivity contribution < 1.29 is 32.7 Å². The van der Waals surface area contributed by atoms with Crippen molar-refractivity contribution in [3.05, 3.63) is 93.9 Å². The van der Waals surface area contributed by atoms with Crippen LogP contribution in [0.4, 0.5) is 0 Å². The van der Waals surface area contributed by atoms with Crippen molar-refractivity contribution >= 4 is 29.6 Å². The number of esters is 2. The first kappa shape index (κ1) is 30.1. The second kappa shape index (κ2) is 14.7. The van der Waals surface area contributed by atoms with Crippen LogP contribution in [0, 0.1) is 6.92 Å². The van der Waals surface area contributed by atoms with E-state index >= 15 is 0 Å². The van der Waals surface area contributed by atoms with Gasteiger partial charge in [0.15, 0.2) is 18.1 Å². The number of carbonyl (C=O) groups is 3. The average Bonchev–Trinajstić information content (AvgIpc) is 3.23. The summed E-state index contributed by atoms with van der Waals surface area (Å²) in [6.45, 7) is 2.87. The summed E-state index contributed by atoms with van der Waals surface area (Å²) >= 11 is 1.57. The normalized spacial score (nSPS) is 18.0. The number of nitrogens with zero attached hydrogens (tertiary/aromatic N) is 1. The highest BCUT2D eigenvalue weighted by atomic mass is 32.2. The van der Waals surface area contributed by atoms with E-state index in [1.54, 1.807) is 18.7 Å². The van der Waals surface area contributed by atoms with E-state index in [2.05, 4.69) is 5.32 Å². The first-order valence-electron chi connectivity index (χ1n) is 13.5. The van der Waals surface area contributed by atoms with E-state index in [4.69, 9.17) is 18.3 Å². The summed E-state index contributed by atoms with van der Waals surface area (Å²) < 4.78 is 20.4. The Balaban J connectivity index is 1.52. The molecule has 3 aromatic rings. The van der Waals surface area contributed by atoms with Gasteiger partial charge < -0.3 is 23.2 Å². The first-order valence-corrected chi connectivity index (χ1v) is 14.7. The lowest BCUT2D eigenvalue weighted by Crippen LogP contribution is -2.54. The van der Waals surface area contributed by atoms with E-state index in [-0.39, 0.29) is 37.2 Å². The molecule has 0 bridgehead atoms. The fraction of sp³-hybridized carbons (Fsp3) is 0.400. The van der Waals surface area contributed by atoms with Crippen LogP contribution in [0.25, 0.3) is 0 Å². The highest BCUT2D eigenvalue weighted by molar-refractivity contribution is 7.99. The van der Waals surface area contributed by atoms with E-state index in [1.807, 2.05) is 60.7 Å². The molecule has 41 heavy (non-hydrogen) atoms. The van der Waals surface area contributed by atoms with Crippen LogP contribution in [0.1, 0.15) is 42.0 Å².